The molecule has 1 amide bonds. The van der Waals surface area contributed by atoms with E-state index in [4.69, 9.17) is 18.9 Å². The van der Waals surface area contributed by atoms with Crippen molar-refractivity contribution in [3.05, 3.63) is 108 Å². The number of allylic oxidation sites excluding steroid dienone is 1. The molecule has 0 bridgehead atoms. The monoisotopic (exact) mass is 524 g/mol. The van der Waals surface area contributed by atoms with E-state index < -0.39 is 11.9 Å². The van der Waals surface area contributed by atoms with E-state index in [0.717, 1.165) is 16.3 Å². The maximum atomic E-state index is 12.8. The van der Waals surface area contributed by atoms with E-state index in [2.05, 4.69) is 17.1 Å². The van der Waals surface area contributed by atoms with Crippen LogP contribution in [0.2, 0.25) is 0 Å². The van der Waals surface area contributed by atoms with Gasteiger partial charge >= 0.3 is 5.97 Å². The average Bonchev–Trinajstić information content (AvgIpc) is 2.97. The van der Waals surface area contributed by atoms with E-state index >= 15 is 0 Å². The number of hydrogen-bond acceptors (Lipinski definition) is 7. The first-order valence-corrected chi connectivity index (χ1v) is 12.1. The average molecular weight is 525 g/mol. The van der Waals surface area contributed by atoms with Crippen molar-refractivity contribution in [2.75, 3.05) is 20.8 Å². The zero-order valence-electron chi connectivity index (χ0n) is 21.7. The SMILES string of the molecule is C=CCc1ccc(OCC(=O)N/N=C/c2c(OC(=O)c3ccc(OC)cc3)ccc3ccccc23)c(OC)c1. The summed E-state index contributed by atoms with van der Waals surface area (Å²) in [4.78, 5) is 25.2. The number of nitrogens with zero attached hydrogens (tertiary/aromatic N) is 1. The molecule has 0 saturated heterocycles. The molecule has 0 fully saturated rings. The first-order valence-electron chi connectivity index (χ1n) is 12.1. The first-order chi connectivity index (χ1) is 19.0. The number of hydrogen-bond donors (Lipinski definition) is 1. The molecule has 0 atom stereocenters. The quantitative estimate of drug-likeness (QED) is 0.0937. The Kier molecular flexibility index (Phi) is 8.92. The normalized spacial score (nSPS) is 10.7. The van der Waals surface area contributed by atoms with Gasteiger partial charge in [0.2, 0.25) is 0 Å². The second kappa shape index (κ2) is 12.9. The number of methoxy groups -OCH3 is 2. The van der Waals surface area contributed by atoms with Crippen LogP contribution < -0.4 is 24.4 Å². The van der Waals surface area contributed by atoms with Crippen molar-refractivity contribution in [1.29, 1.82) is 0 Å². The molecule has 0 unspecified atom stereocenters. The number of ether oxygens (including phenoxy) is 4. The van der Waals surface area contributed by atoms with E-state index in [9.17, 15) is 9.59 Å². The third kappa shape index (κ3) is 6.81. The van der Waals surface area contributed by atoms with Crippen LogP contribution in [0.15, 0.2) is 96.6 Å². The molecule has 4 rings (SSSR count). The number of esters is 1. The third-order valence-electron chi connectivity index (χ3n) is 5.81. The molecule has 0 heterocycles. The molecule has 0 aliphatic rings. The van der Waals surface area contributed by atoms with Gasteiger partial charge in [-0.2, -0.15) is 5.10 Å². The Bertz CT molecular complexity index is 1510. The maximum absolute atomic E-state index is 12.8. The number of fused-ring (bicyclic) bond motifs is 1. The van der Waals surface area contributed by atoms with E-state index in [1.165, 1.54) is 13.3 Å². The molecule has 1 N–H and O–H groups in total. The molecule has 0 aliphatic carbocycles. The first kappa shape index (κ1) is 26.9. The van der Waals surface area contributed by atoms with Crippen molar-refractivity contribution in [3.8, 4) is 23.0 Å². The highest BCUT2D eigenvalue weighted by atomic mass is 16.5. The molecule has 8 heteroatoms. The summed E-state index contributed by atoms with van der Waals surface area (Å²) in [6, 6.07) is 23.2. The van der Waals surface area contributed by atoms with Crippen LogP contribution in [0, 0.1) is 0 Å². The summed E-state index contributed by atoms with van der Waals surface area (Å²) >= 11 is 0. The fraction of sp³-hybridized carbons (Fsp3) is 0.129. The van der Waals surface area contributed by atoms with Crippen LogP contribution in [0.4, 0.5) is 0 Å². The molecule has 0 aromatic heterocycles. The maximum Gasteiger partial charge on any atom is 0.343 e. The second-order valence-corrected chi connectivity index (χ2v) is 8.38. The number of carbonyl (C=O) groups excluding carboxylic acids is 2. The van der Waals surface area contributed by atoms with Gasteiger partial charge < -0.3 is 18.9 Å². The van der Waals surface area contributed by atoms with Crippen LogP contribution in [-0.4, -0.2) is 38.9 Å². The summed E-state index contributed by atoms with van der Waals surface area (Å²) in [6.45, 7) is 3.46. The standard InChI is InChI=1S/C31H28N2O6/c1-4-7-21-10-16-28(29(18-21)37-3)38-20-30(34)33-32-19-26-25-9-6-5-8-22(25)13-17-27(26)39-31(35)23-11-14-24(36-2)15-12-23/h4-6,8-19H,1,7,20H2,2-3H3,(H,33,34)/b32-19+. The predicted octanol–water partition coefficient (Wildman–Crippen LogP) is 5.33. The van der Waals surface area contributed by atoms with Gasteiger partial charge in [-0.25, -0.2) is 10.2 Å². The van der Waals surface area contributed by atoms with Gasteiger partial charge in [-0.1, -0.05) is 42.5 Å². The van der Waals surface area contributed by atoms with Gasteiger partial charge in [-0.15, -0.1) is 6.58 Å². The number of carbonyl (C=O) groups is 2. The fourth-order valence-corrected chi connectivity index (χ4v) is 3.85. The van der Waals surface area contributed by atoms with Gasteiger partial charge in [-0.3, -0.25) is 4.79 Å². The summed E-state index contributed by atoms with van der Waals surface area (Å²) in [5.41, 5.74) is 4.38. The van der Waals surface area contributed by atoms with Crippen molar-refractivity contribution in [2.24, 2.45) is 5.10 Å². The lowest BCUT2D eigenvalue weighted by Gasteiger charge is -2.12. The van der Waals surface area contributed by atoms with Crippen LogP contribution in [0.25, 0.3) is 10.8 Å². The van der Waals surface area contributed by atoms with E-state index in [1.54, 1.807) is 49.6 Å². The van der Waals surface area contributed by atoms with Crippen molar-refractivity contribution in [1.82, 2.24) is 5.43 Å². The zero-order valence-corrected chi connectivity index (χ0v) is 21.7. The lowest BCUT2D eigenvalue weighted by Crippen LogP contribution is -2.24. The zero-order chi connectivity index (χ0) is 27.6. The summed E-state index contributed by atoms with van der Waals surface area (Å²) in [6.07, 6.45) is 3.93. The molecule has 0 saturated carbocycles. The second-order valence-electron chi connectivity index (χ2n) is 8.38. The highest BCUT2D eigenvalue weighted by molar-refractivity contribution is 6.04. The Morgan fingerprint density at radius 2 is 1.67 bits per heavy atom. The highest BCUT2D eigenvalue weighted by Gasteiger charge is 2.14. The fourth-order valence-electron chi connectivity index (χ4n) is 3.85. The number of amides is 1. The van der Waals surface area contributed by atoms with Crippen molar-refractivity contribution in [3.63, 3.8) is 0 Å². The van der Waals surface area contributed by atoms with Crippen LogP contribution >= 0.6 is 0 Å². The number of benzene rings is 4. The van der Waals surface area contributed by atoms with Gasteiger partial charge in [0, 0.05) is 5.56 Å². The molecule has 198 valence electrons. The molecule has 0 aliphatic heterocycles. The van der Waals surface area contributed by atoms with Gasteiger partial charge in [0.1, 0.15) is 11.5 Å². The summed E-state index contributed by atoms with van der Waals surface area (Å²) in [5, 5.41) is 5.82. The van der Waals surface area contributed by atoms with Crippen molar-refractivity contribution in [2.45, 2.75) is 6.42 Å². The van der Waals surface area contributed by atoms with Gasteiger partial charge in [0.15, 0.2) is 18.1 Å². The minimum absolute atomic E-state index is 0.274. The Morgan fingerprint density at radius 1 is 0.897 bits per heavy atom. The molecule has 4 aromatic rings. The molecular formula is C31H28N2O6. The van der Waals surface area contributed by atoms with Crippen LogP contribution in [0.3, 0.4) is 0 Å². The molecular weight excluding hydrogens is 496 g/mol. The van der Waals surface area contributed by atoms with Gasteiger partial charge in [-0.05, 0) is 65.2 Å². The Hall–Kier alpha value is -5.11. The summed E-state index contributed by atoms with van der Waals surface area (Å²) in [5.74, 6) is 0.880. The number of hydrazone groups is 1. The van der Waals surface area contributed by atoms with Crippen molar-refractivity contribution >= 4 is 28.9 Å². The molecule has 0 spiro atoms. The van der Waals surface area contributed by atoms with Gasteiger partial charge in [0.25, 0.3) is 5.91 Å². The number of rotatable bonds is 11. The van der Waals surface area contributed by atoms with Crippen LogP contribution in [0.1, 0.15) is 21.5 Å². The Morgan fingerprint density at radius 3 is 2.41 bits per heavy atom. The van der Waals surface area contributed by atoms with Gasteiger partial charge in [0.05, 0.1) is 26.0 Å². The topological polar surface area (TPSA) is 95.5 Å². The minimum Gasteiger partial charge on any atom is -0.497 e. The van der Waals surface area contributed by atoms with Crippen molar-refractivity contribution < 1.29 is 28.5 Å². The van der Waals surface area contributed by atoms with Crippen LogP contribution in [0.5, 0.6) is 23.0 Å². The summed E-state index contributed by atoms with van der Waals surface area (Å²) < 4.78 is 21.8. The lowest BCUT2D eigenvalue weighted by atomic mass is 10.0. The van der Waals surface area contributed by atoms with E-state index in [-0.39, 0.29) is 6.61 Å². The van der Waals surface area contributed by atoms with E-state index in [1.807, 2.05) is 42.5 Å². The highest BCUT2D eigenvalue weighted by Crippen LogP contribution is 2.29. The number of nitrogens with one attached hydrogen (secondary N) is 1. The third-order valence-corrected chi connectivity index (χ3v) is 5.81. The molecule has 0 radical (unpaired) electrons. The molecule has 4 aromatic carbocycles. The summed E-state index contributed by atoms with van der Waals surface area (Å²) in [7, 11) is 3.09. The Labute approximate surface area is 226 Å². The Balaban J connectivity index is 1.47. The van der Waals surface area contributed by atoms with Crippen LogP contribution in [-0.2, 0) is 11.2 Å². The molecule has 8 nitrogen and oxygen atoms in total. The smallest absolute Gasteiger partial charge is 0.343 e. The minimum atomic E-state index is -0.534. The largest absolute Gasteiger partial charge is 0.497 e. The lowest BCUT2D eigenvalue weighted by molar-refractivity contribution is -0.123. The molecule has 39 heavy (non-hydrogen) atoms. The van der Waals surface area contributed by atoms with E-state index in [0.29, 0.717) is 40.5 Å². The predicted molar refractivity (Wildman–Crippen MR) is 150 cm³/mol.